The number of halogens is 1. The second-order valence-electron chi connectivity index (χ2n) is 6.90. The summed E-state index contributed by atoms with van der Waals surface area (Å²) in [7, 11) is 2.91. The number of hydrogen-bond donors (Lipinski definition) is 0. The molecular formula is C23H19BrN2O4S. The molecule has 158 valence electrons. The number of fused-ring (bicyclic) bond motifs is 1. The monoisotopic (exact) mass is 498 g/mol. The van der Waals surface area contributed by atoms with Crippen LogP contribution in [0.25, 0.3) is 6.08 Å². The summed E-state index contributed by atoms with van der Waals surface area (Å²) in [6.07, 6.45) is 1.83. The minimum atomic E-state index is -0.637. The molecule has 1 aromatic heterocycles. The first kappa shape index (κ1) is 21.3. The molecule has 2 heterocycles. The molecule has 1 unspecified atom stereocenters. The van der Waals surface area contributed by atoms with Gasteiger partial charge in [-0.05, 0) is 48.4 Å². The predicted molar refractivity (Wildman–Crippen MR) is 123 cm³/mol. The van der Waals surface area contributed by atoms with Crippen molar-refractivity contribution in [1.82, 2.24) is 4.57 Å². The molecule has 0 spiro atoms. The molecule has 0 fully saturated rings. The van der Waals surface area contributed by atoms with Gasteiger partial charge >= 0.3 is 5.97 Å². The van der Waals surface area contributed by atoms with Gasteiger partial charge in [-0.3, -0.25) is 9.36 Å². The number of rotatable bonds is 4. The molecule has 8 heteroatoms. The van der Waals surface area contributed by atoms with Crippen molar-refractivity contribution in [2.75, 3.05) is 14.2 Å². The number of allylic oxidation sites excluding steroid dienone is 1. The van der Waals surface area contributed by atoms with Crippen LogP contribution in [0.1, 0.15) is 24.1 Å². The highest BCUT2D eigenvalue weighted by Crippen LogP contribution is 2.31. The topological polar surface area (TPSA) is 69.9 Å². The van der Waals surface area contributed by atoms with E-state index in [1.807, 2.05) is 42.5 Å². The molecule has 3 aromatic rings. The van der Waals surface area contributed by atoms with Crippen molar-refractivity contribution in [3.63, 3.8) is 0 Å². The zero-order chi connectivity index (χ0) is 22.1. The SMILES string of the molecule is COC(=O)C1=C(C)N=c2sc(=Cc3ccc(Br)cc3)c(=O)n2C1c1ccc(OC)cc1. The number of thiazole rings is 1. The van der Waals surface area contributed by atoms with Crippen LogP contribution >= 0.6 is 27.3 Å². The molecule has 1 aliphatic heterocycles. The summed E-state index contributed by atoms with van der Waals surface area (Å²) in [5, 5.41) is 0. The van der Waals surface area contributed by atoms with E-state index in [0.717, 1.165) is 15.6 Å². The van der Waals surface area contributed by atoms with Crippen molar-refractivity contribution < 1.29 is 14.3 Å². The number of benzene rings is 2. The Bertz CT molecular complexity index is 1350. The third-order valence-electron chi connectivity index (χ3n) is 5.03. The standard InChI is InChI=1S/C23H19BrN2O4S/c1-13-19(22(28)30-3)20(15-6-10-17(29-2)11-7-15)26-21(27)18(31-23(26)25-13)12-14-4-8-16(24)9-5-14/h4-12,20H,1-3H3. The summed E-state index contributed by atoms with van der Waals surface area (Å²) in [5.74, 6) is 0.177. The van der Waals surface area contributed by atoms with E-state index >= 15 is 0 Å². The Hall–Kier alpha value is -2.97. The van der Waals surface area contributed by atoms with E-state index in [4.69, 9.17) is 9.47 Å². The Labute approximate surface area is 190 Å². The van der Waals surface area contributed by atoms with Gasteiger partial charge in [0.25, 0.3) is 5.56 Å². The predicted octanol–water partition coefficient (Wildman–Crippen LogP) is 3.18. The second kappa shape index (κ2) is 8.64. The van der Waals surface area contributed by atoms with Gasteiger partial charge in [-0.25, -0.2) is 9.79 Å². The normalized spacial score (nSPS) is 16.0. The number of ether oxygens (including phenoxy) is 2. The van der Waals surface area contributed by atoms with Gasteiger partial charge < -0.3 is 9.47 Å². The molecule has 2 aromatic carbocycles. The van der Waals surface area contributed by atoms with Crippen molar-refractivity contribution in [3.05, 3.63) is 95.1 Å². The zero-order valence-electron chi connectivity index (χ0n) is 17.1. The Morgan fingerprint density at radius 3 is 2.42 bits per heavy atom. The van der Waals surface area contributed by atoms with Crippen LogP contribution in [0.15, 0.2) is 74.1 Å². The Morgan fingerprint density at radius 2 is 1.81 bits per heavy atom. The molecule has 6 nitrogen and oxygen atoms in total. The fraction of sp³-hybridized carbons (Fsp3) is 0.174. The Kier molecular flexibility index (Phi) is 5.93. The van der Waals surface area contributed by atoms with Gasteiger partial charge in [0.2, 0.25) is 0 Å². The van der Waals surface area contributed by atoms with Crippen LogP contribution in [-0.2, 0) is 9.53 Å². The molecule has 1 atom stereocenters. The van der Waals surface area contributed by atoms with E-state index in [1.54, 1.807) is 30.7 Å². The van der Waals surface area contributed by atoms with Gasteiger partial charge in [-0.1, -0.05) is 51.5 Å². The highest BCUT2D eigenvalue weighted by molar-refractivity contribution is 9.10. The number of carbonyl (C=O) groups excluding carboxylic acids is 1. The van der Waals surface area contributed by atoms with Gasteiger partial charge in [-0.15, -0.1) is 0 Å². The summed E-state index contributed by atoms with van der Waals surface area (Å²) in [4.78, 5) is 31.2. The summed E-state index contributed by atoms with van der Waals surface area (Å²) in [6, 6.07) is 14.3. The number of hydrogen-bond acceptors (Lipinski definition) is 6. The number of methoxy groups -OCH3 is 2. The van der Waals surface area contributed by atoms with Crippen LogP contribution in [0.3, 0.4) is 0 Å². The molecule has 0 saturated heterocycles. The summed E-state index contributed by atoms with van der Waals surface area (Å²) in [5.41, 5.74) is 2.34. The van der Waals surface area contributed by atoms with Gasteiger partial charge in [0.1, 0.15) is 5.75 Å². The maximum Gasteiger partial charge on any atom is 0.338 e. The lowest BCUT2D eigenvalue weighted by atomic mass is 9.96. The molecule has 0 bridgehead atoms. The molecular weight excluding hydrogens is 480 g/mol. The lowest BCUT2D eigenvalue weighted by molar-refractivity contribution is -0.136. The fourth-order valence-corrected chi connectivity index (χ4v) is 4.82. The number of aromatic nitrogens is 1. The van der Waals surface area contributed by atoms with Gasteiger partial charge in [0.05, 0.1) is 36.1 Å². The van der Waals surface area contributed by atoms with Crippen LogP contribution in [0.4, 0.5) is 0 Å². The van der Waals surface area contributed by atoms with E-state index in [1.165, 1.54) is 18.4 Å². The minimum absolute atomic E-state index is 0.207. The van der Waals surface area contributed by atoms with Crippen molar-refractivity contribution in [1.29, 1.82) is 0 Å². The average Bonchev–Trinajstić information content (AvgIpc) is 3.08. The molecule has 0 saturated carbocycles. The molecule has 0 aliphatic carbocycles. The second-order valence-corrected chi connectivity index (χ2v) is 8.82. The van der Waals surface area contributed by atoms with Crippen LogP contribution in [0.2, 0.25) is 0 Å². The molecule has 31 heavy (non-hydrogen) atoms. The lowest BCUT2D eigenvalue weighted by Gasteiger charge is -2.24. The van der Waals surface area contributed by atoms with Gasteiger partial charge in [-0.2, -0.15) is 0 Å². The first-order valence-electron chi connectivity index (χ1n) is 9.43. The van der Waals surface area contributed by atoms with E-state index in [0.29, 0.717) is 26.4 Å². The molecule has 4 rings (SSSR count). The molecule has 0 amide bonds. The zero-order valence-corrected chi connectivity index (χ0v) is 19.5. The van der Waals surface area contributed by atoms with Crippen LogP contribution in [0, 0.1) is 0 Å². The maximum absolute atomic E-state index is 13.4. The third kappa shape index (κ3) is 4.00. The Morgan fingerprint density at radius 1 is 1.13 bits per heavy atom. The third-order valence-corrected chi connectivity index (χ3v) is 6.54. The number of carbonyl (C=O) groups is 1. The minimum Gasteiger partial charge on any atom is -0.497 e. The van der Waals surface area contributed by atoms with Crippen molar-refractivity contribution in [2.45, 2.75) is 13.0 Å². The largest absolute Gasteiger partial charge is 0.497 e. The summed E-state index contributed by atoms with van der Waals surface area (Å²) in [6.45, 7) is 1.76. The summed E-state index contributed by atoms with van der Waals surface area (Å²) >= 11 is 4.72. The van der Waals surface area contributed by atoms with Crippen LogP contribution in [0.5, 0.6) is 5.75 Å². The summed E-state index contributed by atoms with van der Waals surface area (Å²) < 4.78 is 13.3. The maximum atomic E-state index is 13.4. The highest BCUT2D eigenvalue weighted by Gasteiger charge is 2.33. The van der Waals surface area contributed by atoms with Crippen molar-refractivity contribution >= 4 is 39.3 Å². The Balaban J connectivity index is 1.94. The first-order valence-corrected chi connectivity index (χ1v) is 11.0. The molecule has 0 N–H and O–H groups in total. The number of esters is 1. The molecule has 0 radical (unpaired) electrons. The molecule has 1 aliphatic rings. The lowest BCUT2D eigenvalue weighted by Crippen LogP contribution is -2.39. The number of nitrogens with zero attached hydrogens (tertiary/aromatic N) is 2. The van der Waals surface area contributed by atoms with E-state index in [2.05, 4.69) is 20.9 Å². The van der Waals surface area contributed by atoms with Gasteiger partial charge in [0.15, 0.2) is 4.80 Å². The van der Waals surface area contributed by atoms with Gasteiger partial charge in [0, 0.05) is 4.47 Å². The average molecular weight is 499 g/mol. The van der Waals surface area contributed by atoms with Crippen LogP contribution < -0.4 is 19.6 Å². The smallest absolute Gasteiger partial charge is 0.338 e. The van der Waals surface area contributed by atoms with E-state index in [-0.39, 0.29) is 5.56 Å². The quantitative estimate of drug-likeness (QED) is 0.518. The fourth-order valence-electron chi connectivity index (χ4n) is 3.50. The first-order chi connectivity index (χ1) is 14.9. The van der Waals surface area contributed by atoms with E-state index < -0.39 is 12.0 Å². The van der Waals surface area contributed by atoms with Crippen molar-refractivity contribution in [3.8, 4) is 5.75 Å². The van der Waals surface area contributed by atoms with E-state index in [9.17, 15) is 9.59 Å². The highest BCUT2D eigenvalue weighted by atomic mass is 79.9. The van der Waals surface area contributed by atoms with Crippen LogP contribution in [-0.4, -0.2) is 24.8 Å². The van der Waals surface area contributed by atoms with Crippen molar-refractivity contribution in [2.24, 2.45) is 4.99 Å².